The van der Waals surface area contributed by atoms with Crippen LogP contribution in [0, 0.1) is 5.92 Å². The number of thioether (sulfide) groups is 1. The summed E-state index contributed by atoms with van der Waals surface area (Å²) in [7, 11) is 0. The fourth-order valence-corrected chi connectivity index (χ4v) is 5.05. The van der Waals surface area contributed by atoms with Crippen LogP contribution >= 0.6 is 11.8 Å². The van der Waals surface area contributed by atoms with Gasteiger partial charge in [-0.2, -0.15) is 0 Å². The lowest BCUT2D eigenvalue weighted by atomic mass is 10.0. The molecule has 0 fully saturated rings. The van der Waals surface area contributed by atoms with E-state index >= 15 is 0 Å². The molecule has 196 valence electrons. The van der Waals surface area contributed by atoms with Crippen LogP contribution < -0.4 is 10.1 Å². The van der Waals surface area contributed by atoms with E-state index < -0.39 is 12.3 Å². The Labute approximate surface area is 218 Å². The van der Waals surface area contributed by atoms with Crippen LogP contribution in [-0.4, -0.2) is 29.9 Å². The Balaban J connectivity index is 1.68. The zero-order valence-corrected chi connectivity index (χ0v) is 21.2. The number of carboxylic acid groups (broad SMARTS) is 1. The minimum Gasteiger partial charge on any atom is -0.481 e. The molecule has 1 amide bonds. The Bertz CT molecular complexity index is 1180. The summed E-state index contributed by atoms with van der Waals surface area (Å²) in [6.07, 6.45) is -3.94. The Morgan fingerprint density at radius 1 is 0.919 bits per heavy atom. The highest BCUT2D eigenvalue weighted by Crippen LogP contribution is 2.40. The number of carbonyl (C=O) groups is 2. The fraction of sp³-hybridized carbons (Fsp3) is 0.286. The largest absolute Gasteiger partial charge is 0.573 e. The van der Waals surface area contributed by atoms with E-state index in [1.807, 2.05) is 36.4 Å². The summed E-state index contributed by atoms with van der Waals surface area (Å²) in [4.78, 5) is 23.9. The molecule has 1 atom stereocenters. The maximum absolute atomic E-state index is 12.4. The van der Waals surface area contributed by atoms with Crippen LogP contribution in [0.25, 0.3) is 11.1 Å². The van der Waals surface area contributed by atoms with Crippen molar-refractivity contribution >= 4 is 23.6 Å². The van der Waals surface area contributed by atoms with Crippen molar-refractivity contribution in [3.8, 4) is 16.9 Å². The third-order valence-electron chi connectivity index (χ3n) is 5.41. The number of carbonyl (C=O) groups excluding carboxylic acids is 1. The van der Waals surface area contributed by atoms with Crippen LogP contribution in [0.15, 0.2) is 77.7 Å². The molecule has 0 saturated carbocycles. The van der Waals surface area contributed by atoms with Gasteiger partial charge in [0, 0.05) is 22.3 Å². The zero-order valence-electron chi connectivity index (χ0n) is 20.4. The lowest BCUT2D eigenvalue weighted by Gasteiger charge is -2.20. The van der Waals surface area contributed by atoms with Gasteiger partial charge < -0.3 is 15.2 Å². The first-order valence-electron chi connectivity index (χ1n) is 11.7. The predicted octanol–water partition coefficient (Wildman–Crippen LogP) is 7.34. The Kier molecular flexibility index (Phi) is 9.63. The van der Waals surface area contributed by atoms with Gasteiger partial charge >= 0.3 is 12.3 Å². The number of alkyl halides is 3. The Morgan fingerprint density at radius 3 is 2.00 bits per heavy atom. The first-order valence-corrected chi connectivity index (χ1v) is 12.6. The summed E-state index contributed by atoms with van der Waals surface area (Å²) >= 11 is 1.70. The second-order valence-corrected chi connectivity index (χ2v) is 10.1. The van der Waals surface area contributed by atoms with Gasteiger partial charge in [0.15, 0.2) is 0 Å². The number of halogens is 3. The molecule has 0 aliphatic heterocycles. The fourth-order valence-electron chi connectivity index (χ4n) is 3.65. The van der Waals surface area contributed by atoms with Crippen LogP contribution in [-0.2, 0) is 4.79 Å². The highest BCUT2D eigenvalue weighted by atomic mass is 32.2. The number of hydrogen-bond acceptors (Lipinski definition) is 4. The smallest absolute Gasteiger partial charge is 0.481 e. The van der Waals surface area contributed by atoms with Crippen LogP contribution in [0.5, 0.6) is 5.75 Å². The monoisotopic (exact) mass is 531 g/mol. The minimum atomic E-state index is -4.72. The number of aliphatic carboxylic acids is 1. The Hall–Kier alpha value is -3.46. The van der Waals surface area contributed by atoms with Crippen LogP contribution in [0.1, 0.15) is 47.9 Å². The molecule has 0 aromatic heterocycles. The molecule has 3 aromatic rings. The molecule has 0 heterocycles. The quantitative estimate of drug-likeness (QED) is 0.253. The average Bonchev–Trinajstić information content (AvgIpc) is 2.83. The molecule has 3 aromatic carbocycles. The second kappa shape index (κ2) is 12.7. The van der Waals surface area contributed by atoms with E-state index in [1.54, 1.807) is 36.0 Å². The van der Waals surface area contributed by atoms with E-state index in [2.05, 4.69) is 23.9 Å². The number of carboxylic acids is 1. The summed E-state index contributed by atoms with van der Waals surface area (Å²) in [5, 5.41) is 11.5. The lowest BCUT2D eigenvalue weighted by molar-refractivity contribution is -0.274. The Morgan fingerprint density at radius 2 is 1.49 bits per heavy atom. The van der Waals surface area contributed by atoms with E-state index in [-0.39, 0.29) is 29.9 Å². The van der Waals surface area contributed by atoms with Crippen molar-refractivity contribution in [3.05, 3.63) is 83.9 Å². The maximum atomic E-state index is 12.4. The van der Waals surface area contributed by atoms with Crippen molar-refractivity contribution in [2.45, 2.75) is 43.2 Å². The molecule has 1 unspecified atom stereocenters. The van der Waals surface area contributed by atoms with Crippen molar-refractivity contribution in [2.24, 2.45) is 5.92 Å². The first kappa shape index (κ1) is 28.1. The highest BCUT2D eigenvalue weighted by molar-refractivity contribution is 7.99. The molecule has 9 heteroatoms. The lowest BCUT2D eigenvalue weighted by Crippen LogP contribution is -2.25. The molecule has 0 aliphatic carbocycles. The van der Waals surface area contributed by atoms with Gasteiger partial charge in [-0.05, 0) is 65.4 Å². The summed E-state index contributed by atoms with van der Waals surface area (Å²) in [6, 6.07) is 20.9. The molecular formula is C28H28F3NO4S. The van der Waals surface area contributed by atoms with Crippen molar-refractivity contribution in [1.82, 2.24) is 5.32 Å². The van der Waals surface area contributed by atoms with Gasteiger partial charge in [0.05, 0.1) is 6.42 Å². The van der Waals surface area contributed by atoms with Crippen molar-refractivity contribution < 1.29 is 32.6 Å². The van der Waals surface area contributed by atoms with Gasteiger partial charge in [-0.15, -0.1) is 24.9 Å². The van der Waals surface area contributed by atoms with E-state index in [0.29, 0.717) is 11.5 Å². The molecule has 0 saturated heterocycles. The number of rotatable bonds is 11. The average molecular weight is 532 g/mol. The summed E-state index contributed by atoms with van der Waals surface area (Å²) < 4.78 is 41.1. The highest BCUT2D eigenvalue weighted by Gasteiger charge is 2.31. The van der Waals surface area contributed by atoms with E-state index in [4.69, 9.17) is 5.11 Å². The first-order chi connectivity index (χ1) is 17.5. The summed E-state index contributed by atoms with van der Waals surface area (Å²) in [6.45, 7) is 4.36. The van der Waals surface area contributed by atoms with Gasteiger partial charge in [0.25, 0.3) is 5.91 Å². The number of amides is 1. The SMILES string of the molecule is CC(C)CC(Sc1ccc(-c2ccc(OC(F)(F)F)cc2)cc1)c1ccc(C(=O)NCCC(=O)O)cc1. The molecular weight excluding hydrogens is 503 g/mol. The molecule has 0 bridgehead atoms. The predicted molar refractivity (Wildman–Crippen MR) is 138 cm³/mol. The third-order valence-corrected chi connectivity index (χ3v) is 6.70. The van der Waals surface area contributed by atoms with E-state index in [9.17, 15) is 22.8 Å². The molecule has 0 radical (unpaired) electrons. The molecule has 2 N–H and O–H groups in total. The number of nitrogens with one attached hydrogen (secondary N) is 1. The second-order valence-electron chi connectivity index (χ2n) is 8.85. The molecule has 0 aliphatic rings. The van der Waals surface area contributed by atoms with Gasteiger partial charge in [0.2, 0.25) is 0 Å². The summed E-state index contributed by atoms with van der Waals surface area (Å²) in [5.74, 6) is -1.10. The van der Waals surface area contributed by atoms with Crippen LogP contribution in [0.3, 0.4) is 0 Å². The molecule has 3 rings (SSSR count). The van der Waals surface area contributed by atoms with Crippen molar-refractivity contribution in [1.29, 1.82) is 0 Å². The number of hydrogen-bond donors (Lipinski definition) is 2. The van der Waals surface area contributed by atoms with Crippen molar-refractivity contribution in [3.63, 3.8) is 0 Å². The third kappa shape index (κ3) is 9.17. The molecule has 37 heavy (non-hydrogen) atoms. The van der Waals surface area contributed by atoms with Gasteiger partial charge in [-0.25, -0.2) is 0 Å². The number of ether oxygens (including phenoxy) is 1. The normalized spacial score (nSPS) is 12.3. The van der Waals surface area contributed by atoms with E-state index in [1.165, 1.54) is 12.1 Å². The topological polar surface area (TPSA) is 75.6 Å². The standard InChI is InChI=1S/C28H28F3NO4S/c1-18(2)17-25(21-3-5-22(6-4-21)27(35)32-16-15-26(33)34)37-24-13-9-20(10-14-24)19-7-11-23(12-8-19)36-28(29,30)31/h3-14,18,25H,15-17H2,1-2H3,(H,32,35)(H,33,34). The minimum absolute atomic E-state index is 0.0726. The van der Waals surface area contributed by atoms with Gasteiger partial charge in [0.1, 0.15) is 5.75 Å². The zero-order chi connectivity index (χ0) is 27.0. The van der Waals surface area contributed by atoms with Crippen LogP contribution in [0.4, 0.5) is 13.2 Å². The van der Waals surface area contributed by atoms with Gasteiger partial charge in [-0.3, -0.25) is 9.59 Å². The van der Waals surface area contributed by atoms with Crippen LogP contribution in [0.2, 0.25) is 0 Å². The van der Waals surface area contributed by atoms with Gasteiger partial charge in [-0.1, -0.05) is 50.2 Å². The van der Waals surface area contributed by atoms with E-state index in [0.717, 1.165) is 28.0 Å². The molecule has 5 nitrogen and oxygen atoms in total. The maximum Gasteiger partial charge on any atom is 0.573 e. The van der Waals surface area contributed by atoms with Crippen molar-refractivity contribution in [2.75, 3.05) is 6.54 Å². The number of benzene rings is 3. The summed E-state index contributed by atoms with van der Waals surface area (Å²) in [5.41, 5.74) is 3.20. The molecule has 0 spiro atoms.